The number of hydrogen-bond acceptors (Lipinski definition) is 5. The Morgan fingerprint density at radius 2 is 2.19 bits per heavy atom. The number of aliphatic carboxylic acids is 1. The monoisotopic (exact) mass is 392 g/mol. The molecule has 1 aromatic carbocycles. The predicted octanol–water partition coefficient (Wildman–Crippen LogP) is 2.92. The Balaban J connectivity index is 1.56. The van der Waals surface area contributed by atoms with Gasteiger partial charge in [0.15, 0.2) is 11.7 Å². The van der Waals surface area contributed by atoms with Gasteiger partial charge < -0.3 is 19.6 Å². The Morgan fingerprint density at radius 1 is 1.37 bits per heavy atom. The van der Waals surface area contributed by atoms with Crippen LogP contribution in [0.1, 0.15) is 25.2 Å². The van der Waals surface area contributed by atoms with Crippen LogP contribution < -0.4 is 5.32 Å². The van der Waals surface area contributed by atoms with Gasteiger partial charge >= 0.3 is 5.97 Å². The molecule has 2 aromatic rings. The topological polar surface area (TPSA) is 102 Å². The van der Waals surface area contributed by atoms with Gasteiger partial charge in [0, 0.05) is 30.9 Å². The molecule has 8 heteroatoms. The lowest BCUT2D eigenvalue weighted by Crippen LogP contribution is -2.48. The molecule has 1 fully saturated rings. The summed E-state index contributed by atoms with van der Waals surface area (Å²) in [6.07, 6.45) is 3.43. The maximum absolute atomic E-state index is 12.2. The van der Waals surface area contributed by atoms with Crippen molar-refractivity contribution in [2.75, 3.05) is 13.2 Å². The van der Waals surface area contributed by atoms with Crippen molar-refractivity contribution in [2.45, 2.75) is 31.7 Å². The molecule has 1 aliphatic rings. The third kappa shape index (κ3) is 5.08. The number of oxazole rings is 1. The highest BCUT2D eigenvalue weighted by atomic mass is 35.5. The van der Waals surface area contributed by atoms with Gasteiger partial charge in [0.25, 0.3) is 0 Å². The molecule has 1 saturated heterocycles. The van der Waals surface area contributed by atoms with E-state index in [0.29, 0.717) is 29.9 Å². The minimum Gasteiger partial charge on any atom is -0.480 e. The second-order valence-electron chi connectivity index (χ2n) is 6.46. The highest BCUT2D eigenvalue weighted by molar-refractivity contribution is 6.33. The Kier molecular flexibility index (Phi) is 6.47. The van der Waals surface area contributed by atoms with E-state index in [2.05, 4.69) is 10.3 Å². The summed E-state index contributed by atoms with van der Waals surface area (Å²) in [5, 5.41) is 12.5. The zero-order valence-corrected chi connectivity index (χ0v) is 15.4. The van der Waals surface area contributed by atoms with Gasteiger partial charge in [0.05, 0.1) is 17.8 Å². The van der Waals surface area contributed by atoms with Gasteiger partial charge in [-0.05, 0) is 25.0 Å². The van der Waals surface area contributed by atoms with Crippen LogP contribution in [0.3, 0.4) is 0 Å². The van der Waals surface area contributed by atoms with Crippen molar-refractivity contribution in [2.24, 2.45) is 5.92 Å². The minimum absolute atomic E-state index is 0.0832. The molecule has 0 bridgehead atoms. The summed E-state index contributed by atoms with van der Waals surface area (Å²) in [7, 11) is 0. The Labute approximate surface area is 161 Å². The average Bonchev–Trinajstić information content (AvgIpc) is 3.14. The number of aromatic nitrogens is 1. The van der Waals surface area contributed by atoms with Gasteiger partial charge in [-0.15, -0.1) is 0 Å². The number of carbonyl (C=O) groups excluding carboxylic acids is 1. The zero-order chi connectivity index (χ0) is 19.2. The normalized spacial score (nSPS) is 18.0. The molecule has 7 nitrogen and oxygen atoms in total. The van der Waals surface area contributed by atoms with Crippen molar-refractivity contribution < 1.29 is 23.8 Å². The second kappa shape index (κ2) is 9.01. The van der Waals surface area contributed by atoms with Crippen LogP contribution >= 0.6 is 11.6 Å². The van der Waals surface area contributed by atoms with E-state index in [-0.39, 0.29) is 24.7 Å². The van der Waals surface area contributed by atoms with E-state index in [1.807, 2.05) is 18.2 Å². The number of aryl methyl sites for hydroxylation is 1. The largest absolute Gasteiger partial charge is 0.480 e. The van der Waals surface area contributed by atoms with E-state index < -0.39 is 12.0 Å². The fourth-order valence-electron chi connectivity index (χ4n) is 3.09. The number of halogens is 1. The summed E-state index contributed by atoms with van der Waals surface area (Å²) in [6.45, 7) is 0.979. The number of carboxylic acids is 1. The third-order valence-corrected chi connectivity index (χ3v) is 4.84. The smallest absolute Gasteiger partial charge is 0.326 e. The predicted molar refractivity (Wildman–Crippen MR) is 98.4 cm³/mol. The number of nitrogens with one attached hydrogen (secondary N) is 1. The molecule has 2 N–H and O–H groups in total. The summed E-state index contributed by atoms with van der Waals surface area (Å²) in [5.41, 5.74) is 0.727. The molecule has 27 heavy (non-hydrogen) atoms. The van der Waals surface area contributed by atoms with Gasteiger partial charge in [0.2, 0.25) is 5.91 Å². The van der Waals surface area contributed by atoms with Crippen LogP contribution in [0.5, 0.6) is 0 Å². The van der Waals surface area contributed by atoms with Crippen LogP contribution in [-0.4, -0.2) is 41.2 Å². The first-order chi connectivity index (χ1) is 13.0. The molecule has 1 aliphatic heterocycles. The SMILES string of the molecule is O=C(CCc1ncc(-c2ccccc2Cl)o1)NC(C(=O)O)C1CCCOC1. The molecular formula is C19H21ClN2O5. The van der Waals surface area contributed by atoms with Gasteiger partial charge in [-0.25, -0.2) is 9.78 Å². The number of hydrogen-bond donors (Lipinski definition) is 2. The molecule has 2 heterocycles. The van der Waals surface area contributed by atoms with E-state index in [1.54, 1.807) is 12.3 Å². The maximum atomic E-state index is 12.2. The molecule has 0 spiro atoms. The quantitative estimate of drug-likeness (QED) is 0.751. The van der Waals surface area contributed by atoms with Crippen molar-refractivity contribution in [1.29, 1.82) is 0 Å². The van der Waals surface area contributed by atoms with Crippen LogP contribution in [0.25, 0.3) is 11.3 Å². The first-order valence-electron chi connectivity index (χ1n) is 8.84. The first kappa shape index (κ1) is 19.4. The highest BCUT2D eigenvalue weighted by Crippen LogP contribution is 2.28. The lowest BCUT2D eigenvalue weighted by Gasteiger charge is -2.28. The van der Waals surface area contributed by atoms with Crippen molar-refractivity contribution in [3.05, 3.63) is 41.4 Å². The van der Waals surface area contributed by atoms with Gasteiger partial charge in [-0.3, -0.25) is 4.79 Å². The third-order valence-electron chi connectivity index (χ3n) is 4.51. The standard InChI is InChI=1S/C19H21ClN2O5/c20-14-6-2-1-5-13(14)15-10-21-17(27-15)8-7-16(23)22-18(19(24)25)12-4-3-9-26-11-12/h1-2,5-6,10,12,18H,3-4,7-9,11H2,(H,22,23)(H,24,25). The molecule has 3 rings (SSSR count). The van der Waals surface area contributed by atoms with E-state index in [1.165, 1.54) is 0 Å². The zero-order valence-electron chi connectivity index (χ0n) is 14.7. The van der Waals surface area contributed by atoms with E-state index in [0.717, 1.165) is 18.4 Å². The van der Waals surface area contributed by atoms with E-state index in [9.17, 15) is 14.7 Å². The Hall–Kier alpha value is -2.38. The van der Waals surface area contributed by atoms with E-state index in [4.69, 9.17) is 20.8 Å². The molecule has 1 amide bonds. The molecule has 144 valence electrons. The summed E-state index contributed by atoms with van der Waals surface area (Å²) < 4.78 is 11.0. The van der Waals surface area contributed by atoms with Crippen LogP contribution in [0, 0.1) is 5.92 Å². The summed E-state index contributed by atoms with van der Waals surface area (Å²) >= 11 is 6.14. The molecule has 0 saturated carbocycles. The number of rotatable bonds is 7. The summed E-state index contributed by atoms with van der Waals surface area (Å²) in [6, 6.07) is 6.30. The summed E-state index contributed by atoms with van der Waals surface area (Å²) in [4.78, 5) is 27.9. The molecule has 0 aliphatic carbocycles. The van der Waals surface area contributed by atoms with Gasteiger partial charge in [-0.2, -0.15) is 0 Å². The number of carboxylic acid groups (broad SMARTS) is 1. The van der Waals surface area contributed by atoms with Crippen molar-refractivity contribution in [3.8, 4) is 11.3 Å². The van der Waals surface area contributed by atoms with Gasteiger partial charge in [0.1, 0.15) is 6.04 Å². The number of amides is 1. The number of carbonyl (C=O) groups is 2. The van der Waals surface area contributed by atoms with Gasteiger partial charge in [-0.1, -0.05) is 23.7 Å². The Bertz CT molecular complexity index is 801. The number of ether oxygens (including phenoxy) is 1. The van der Waals surface area contributed by atoms with Crippen molar-refractivity contribution >= 4 is 23.5 Å². The van der Waals surface area contributed by atoms with Crippen LogP contribution in [0.15, 0.2) is 34.9 Å². The average molecular weight is 393 g/mol. The number of nitrogens with zero attached hydrogens (tertiary/aromatic N) is 1. The van der Waals surface area contributed by atoms with Crippen LogP contribution in [0.2, 0.25) is 5.02 Å². The lowest BCUT2D eigenvalue weighted by atomic mass is 9.93. The minimum atomic E-state index is -1.05. The fraction of sp³-hybridized carbons (Fsp3) is 0.421. The second-order valence-corrected chi connectivity index (χ2v) is 6.87. The fourth-order valence-corrected chi connectivity index (χ4v) is 3.32. The van der Waals surface area contributed by atoms with Crippen molar-refractivity contribution in [1.82, 2.24) is 10.3 Å². The summed E-state index contributed by atoms with van der Waals surface area (Å²) in [5.74, 6) is -0.693. The maximum Gasteiger partial charge on any atom is 0.326 e. The Morgan fingerprint density at radius 3 is 2.89 bits per heavy atom. The first-order valence-corrected chi connectivity index (χ1v) is 9.22. The highest BCUT2D eigenvalue weighted by Gasteiger charge is 2.31. The van der Waals surface area contributed by atoms with Crippen LogP contribution in [-0.2, 0) is 20.7 Å². The lowest BCUT2D eigenvalue weighted by molar-refractivity contribution is -0.145. The molecule has 2 atom stereocenters. The molecular weight excluding hydrogens is 372 g/mol. The molecule has 1 aromatic heterocycles. The number of benzene rings is 1. The van der Waals surface area contributed by atoms with E-state index >= 15 is 0 Å². The van der Waals surface area contributed by atoms with Crippen LogP contribution in [0.4, 0.5) is 0 Å². The van der Waals surface area contributed by atoms with Crippen molar-refractivity contribution in [3.63, 3.8) is 0 Å². The molecule has 2 unspecified atom stereocenters. The molecule has 0 radical (unpaired) electrons.